The van der Waals surface area contributed by atoms with E-state index in [0.29, 0.717) is 6.04 Å². The summed E-state index contributed by atoms with van der Waals surface area (Å²) in [6.07, 6.45) is 0. The van der Waals surface area contributed by atoms with Gasteiger partial charge in [0.2, 0.25) is 0 Å². The SMILES string of the molecule is C=C1CN(Cc2ccc(F)cc2)[C@@H](C)CN1. The van der Waals surface area contributed by atoms with E-state index in [1.807, 2.05) is 12.1 Å². The molecule has 1 atom stereocenters. The molecule has 86 valence electrons. The second kappa shape index (κ2) is 4.66. The highest BCUT2D eigenvalue weighted by atomic mass is 19.1. The molecule has 16 heavy (non-hydrogen) atoms. The third-order valence-electron chi connectivity index (χ3n) is 2.96. The average Bonchev–Trinajstić information content (AvgIpc) is 2.27. The molecule has 1 aliphatic rings. The van der Waals surface area contributed by atoms with Gasteiger partial charge in [-0.15, -0.1) is 0 Å². The summed E-state index contributed by atoms with van der Waals surface area (Å²) in [6, 6.07) is 7.18. The zero-order valence-corrected chi connectivity index (χ0v) is 9.54. The Hall–Kier alpha value is -1.35. The Kier molecular flexibility index (Phi) is 3.25. The Bertz CT molecular complexity index is 372. The lowest BCUT2D eigenvalue weighted by atomic mass is 10.1. The summed E-state index contributed by atoms with van der Waals surface area (Å²) in [7, 11) is 0. The van der Waals surface area contributed by atoms with Gasteiger partial charge < -0.3 is 5.32 Å². The van der Waals surface area contributed by atoms with E-state index in [4.69, 9.17) is 0 Å². The molecule has 0 saturated carbocycles. The van der Waals surface area contributed by atoms with Crippen molar-refractivity contribution in [3.05, 3.63) is 47.9 Å². The normalized spacial score (nSPS) is 21.9. The molecule has 0 unspecified atom stereocenters. The number of benzene rings is 1. The van der Waals surface area contributed by atoms with Crippen molar-refractivity contribution in [2.75, 3.05) is 13.1 Å². The topological polar surface area (TPSA) is 15.3 Å². The summed E-state index contributed by atoms with van der Waals surface area (Å²) < 4.78 is 12.8. The number of hydrogen-bond donors (Lipinski definition) is 1. The molecule has 1 N–H and O–H groups in total. The standard InChI is InChI=1S/C13H17FN2/c1-10-8-16(11(2)7-15-10)9-12-3-5-13(14)6-4-12/h3-6,11,15H,1,7-9H2,2H3/t11-/m0/s1. The highest BCUT2D eigenvalue weighted by Gasteiger charge is 2.19. The molecule has 0 aliphatic carbocycles. The molecule has 0 radical (unpaired) electrons. The van der Waals surface area contributed by atoms with Gasteiger partial charge in [0, 0.05) is 31.4 Å². The second-order valence-electron chi connectivity index (χ2n) is 4.36. The van der Waals surface area contributed by atoms with Crippen LogP contribution in [0.15, 0.2) is 36.5 Å². The van der Waals surface area contributed by atoms with Crippen molar-refractivity contribution in [1.82, 2.24) is 10.2 Å². The monoisotopic (exact) mass is 220 g/mol. The molecule has 1 aromatic carbocycles. The summed E-state index contributed by atoms with van der Waals surface area (Å²) in [5.74, 6) is -0.179. The third kappa shape index (κ3) is 2.61. The number of nitrogens with zero attached hydrogens (tertiary/aromatic N) is 1. The maximum absolute atomic E-state index is 12.8. The fourth-order valence-corrected chi connectivity index (χ4v) is 1.91. The van der Waals surface area contributed by atoms with Gasteiger partial charge in [0.15, 0.2) is 0 Å². The van der Waals surface area contributed by atoms with Gasteiger partial charge in [-0.2, -0.15) is 0 Å². The molecule has 1 heterocycles. The average molecular weight is 220 g/mol. The van der Waals surface area contributed by atoms with E-state index >= 15 is 0 Å². The van der Waals surface area contributed by atoms with Gasteiger partial charge in [-0.05, 0) is 24.6 Å². The molecule has 0 aromatic heterocycles. The Morgan fingerprint density at radius 2 is 2.12 bits per heavy atom. The molecular weight excluding hydrogens is 203 g/mol. The van der Waals surface area contributed by atoms with E-state index in [1.165, 1.54) is 12.1 Å². The van der Waals surface area contributed by atoms with Crippen molar-refractivity contribution in [3.8, 4) is 0 Å². The van der Waals surface area contributed by atoms with Gasteiger partial charge in [-0.3, -0.25) is 4.90 Å². The van der Waals surface area contributed by atoms with Crippen molar-refractivity contribution < 1.29 is 4.39 Å². The predicted molar refractivity (Wildman–Crippen MR) is 63.4 cm³/mol. The van der Waals surface area contributed by atoms with Crippen LogP contribution < -0.4 is 5.32 Å². The van der Waals surface area contributed by atoms with Crippen LogP contribution in [-0.2, 0) is 6.54 Å². The summed E-state index contributed by atoms with van der Waals surface area (Å²) in [5.41, 5.74) is 2.20. The van der Waals surface area contributed by atoms with Crippen LogP contribution in [0.2, 0.25) is 0 Å². The van der Waals surface area contributed by atoms with Crippen LogP contribution in [0.5, 0.6) is 0 Å². The minimum absolute atomic E-state index is 0.179. The summed E-state index contributed by atoms with van der Waals surface area (Å²) in [6.45, 7) is 8.76. The number of nitrogens with one attached hydrogen (secondary N) is 1. The summed E-state index contributed by atoms with van der Waals surface area (Å²) >= 11 is 0. The van der Waals surface area contributed by atoms with E-state index in [0.717, 1.165) is 30.9 Å². The smallest absolute Gasteiger partial charge is 0.123 e. The van der Waals surface area contributed by atoms with Crippen molar-refractivity contribution in [3.63, 3.8) is 0 Å². The summed E-state index contributed by atoms with van der Waals surface area (Å²) in [4.78, 5) is 2.34. The number of hydrogen-bond acceptors (Lipinski definition) is 2. The maximum atomic E-state index is 12.8. The Morgan fingerprint density at radius 3 is 2.81 bits per heavy atom. The quantitative estimate of drug-likeness (QED) is 0.821. The van der Waals surface area contributed by atoms with Crippen LogP contribution in [0, 0.1) is 5.82 Å². The largest absolute Gasteiger partial charge is 0.386 e. The van der Waals surface area contributed by atoms with E-state index in [9.17, 15) is 4.39 Å². The van der Waals surface area contributed by atoms with Crippen molar-refractivity contribution in [2.24, 2.45) is 0 Å². The first-order chi connectivity index (χ1) is 7.65. The minimum atomic E-state index is -0.179. The molecule has 1 fully saturated rings. The van der Waals surface area contributed by atoms with Gasteiger partial charge in [-0.1, -0.05) is 18.7 Å². The first kappa shape index (κ1) is 11.1. The molecule has 1 saturated heterocycles. The van der Waals surface area contributed by atoms with E-state index in [2.05, 4.69) is 23.7 Å². The molecular formula is C13H17FN2. The minimum Gasteiger partial charge on any atom is -0.386 e. The van der Waals surface area contributed by atoms with Crippen molar-refractivity contribution in [1.29, 1.82) is 0 Å². The summed E-state index contributed by atoms with van der Waals surface area (Å²) in [5, 5.41) is 3.26. The van der Waals surface area contributed by atoms with Gasteiger partial charge in [0.05, 0.1) is 0 Å². The lowest BCUT2D eigenvalue weighted by Crippen LogP contribution is -2.47. The van der Waals surface area contributed by atoms with E-state index in [-0.39, 0.29) is 5.82 Å². The molecule has 1 aliphatic heterocycles. The predicted octanol–water partition coefficient (Wildman–Crippen LogP) is 2.13. The molecule has 2 nitrogen and oxygen atoms in total. The highest BCUT2D eigenvalue weighted by Crippen LogP contribution is 2.13. The van der Waals surface area contributed by atoms with Crippen LogP contribution in [0.3, 0.4) is 0 Å². The molecule has 1 aromatic rings. The second-order valence-corrected chi connectivity index (χ2v) is 4.36. The number of piperazine rings is 1. The molecule has 2 rings (SSSR count). The van der Waals surface area contributed by atoms with Crippen LogP contribution in [0.4, 0.5) is 4.39 Å². The third-order valence-corrected chi connectivity index (χ3v) is 2.96. The molecule has 0 spiro atoms. The fraction of sp³-hybridized carbons (Fsp3) is 0.385. The van der Waals surface area contributed by atoms with Crippen LogP contribution in [0.25, 0.3) is 0 Å². The Labute approximate surface area is 95.8 Å². The Balaban J connectivity index is 2.02. The van der Waals surface area contributed by atoms with E-state index in [1.54, 1.807) is 0 Å². The van der Waals surface area contributed by atoms with Crippen molar-refractivity contribution in [2.45, 2.75) is 19.5 Å². The molecule has 0 amide bonds. The van der Waals surface area contributed by atoms with Gasteiger partial charge in [0.1, 0.15) is 5.82 Å². The van der Waals surface area contributed by atoms with Crippen LogP contribution in [0.1, 0.15) is 12.5 Å². The fourth-order valence-electron chi connectivity index (χ4n) is 1.91. The number of rotatable bonds is 2. The van der Waals surface area contributed by atoms with Gasteiger partial charge in [-0.25, -0.2) is 4.39 Å². The zero-order chi connectivity index (χ0) is 11.5. The lowest BCUT2D eigenvalue weighted by molar-refractivity contribution is 0.187. The lowest BCUT2D eigenvalue weighted by Gasteiger charge is -2.35. The van der Waals surface area contributed by atoms with Gasteiger partial charge in [0.25, 0.3) is 0 Å². The number of halogens is 1. The first-order valence-corrected chi connectivity index (χ1v) is 5.55. The Morgan fingerprint density at radius 1 is 1.44 bits per heavy atom. The molecule has 3 heteroatoms. The van der Waals surface area contributed by atoms with E-state index < -0.39 is 0 Å². The van der Waals surface area contributed by atoms with Crippen molar-refractivity contribution >= 4 is 0 Å². The van der Waals surface area contributed by atoms with Gasteiger partial charge >= 0.3 is 0 Å². The molecule has 0 bridgehead atoms. The van der Waals surface area contributed by atoms with Crippen LogP contribution >= 0.6 is 0 Å². The first-order valence-electron chi connectivity index (χ1n) is 5.55. The van der Waals surface area contributed by atoms with Crippen LogP contribution in [-0.4, -0.2) is 24.0 Å². The highest BCUT2D eigenvalue weighted by molar-refractivity contribution is 5.16. The zero-order valence-electron chi connectivity index (χ0n) is 9.54. The maximum Gasteiger partial charge on any atom is 0.123 e.